The van der Waals surface area contributed by atoms with Crippen LogP contribution in [-0.4, -0.2) is 14.1 Å². The minimum absolute atomic E-state index is 0.901. The van der Waals surface area contributed by atoms with Crippen molar-refractivity contribution >= 4 is 27.3 Å². The first kappa shape index (κ1) is 13.0. The van der Waals surface area contributed by atoms with Gasteiger partial charge in [0.25, 0.3) is 0 Å². The molecule has 0 atom stereocenters. The lowest BCUT2D eigenvalue weighted by molar-refractivity contribution is 0.922. The normalized spacial score (nSPS) is 10.2. The molecule has 0 aromatic heterocycles. The molecule has 2 aromatic rings. The molecule has 2 aromatic carbocycles. The van der Waals surface area contributed by atoms with Crippen molar-refractivity contribution in [2.24, 2.45) is 0 Å². The highest BCUT2D eigenvalue weighted by Crippen LogP contribution is 2.19. The average Bonchev–Trinajstić information content (AvgIpc) is 2.39. The maximum absolute atomic E-state index is 3.50. The van der Waals surface area contributed by atoms with E-state index in [1.807, 2.05) is 13.1 Å². The molecule has 0 saturated carbocycles. The van der Waals surface area contributed by atoms with Gasteiger partial charge in [-0.3, -0.25) is 0 Å². The van der Waals surface area contributed by atoms with Crippen molar-refractivity contribution in [2.45, 2.75) is 6.54 Å². The fourth-order valence-corrected chi connectivity index (χ4v) is 2.33. The topological polar surface area (TPSA) is 15.3 Å². The Labute approximate surface area is 117 Å². The molecular formula is C15H17BrN2. The summed E-state index contributed by atoms with van der Waals surface area (Å²) in [6.07, 6.45) is 0. The first-order chi connectivity index (χ1) is 8.69. The monoisotopic (exact) mass is 304 g/mol. The Balaban J connectivity index is 2.09. The molecule has 0 radical (unpaired) electrons. The van der Waals surface area contributed by atoms with Gasteiger partial charge in [-0.25, -0.2) is 0 Å². The van der Waals surface area contributed by atoms with Crippen molar-refractivity contribution in [3.8, 4) is 0 Å². The molecule has 3 heteroatoms. The van der Waals surface area contributed by atoms with E-state index in [2.05, 4.69) is 75.7 Å². The molecule has 0 amide bonds. The summed E-state index contributed by atoms with van der Waals surface area (Å²) >= 11 is 3.50. The molecular weight excluding hydrogens is 288 g/mol. The Hall–Kier alpha value is -1.48. The van der Waals surface area contributed by atoms with Crippen LogP contribution < -0.4 is 10.2 Å². The second kappa shape index (κ2) is 5.91. The van der Waals surface area contributed by atoms with E-state index in [1.165, 1.54) is 11.3 Å². The van der Waals surface area contributed by atoms with E-state index in [0.717, 1.165) is 16.7 Å². The summed E-state index contributed by atoms with van der Waals surface area (Å²) in [7, 11) is 4.04. The van der Waals surface area contributed by atoms with Crippen LogP contribution in [-0.2, 0) is 6.54 Å². The fraction of sp³-hybridized carbons (Fsp3) is 0.200. The van der Waals surface area contributed by atoms with E-state index in [1.54, 1.807) is 0 Å². The highest BCUT2D eigenvalue weighted by atomic mass is 79.9. The molecule has 2 nitrogen and oxygen atoms in total. The maximum Gasteiger partial charge on any atom is 0.0426 e. The van der Waals surface area contributed by atoms with Crippen LogP contribution in [0.15, 0.2) is 53.0 Å². The van der Waals surface area contributed by atoms with Gasteiger partial charge >= 0.3 is 0 Å². The first-order valence-corrected chi connectivity index (χ1v) is 6.72. The van der Waals surface area contributed by atoms with Gasteiger partial charge < -0.3 is 10.2 Å². The van der Waals surface area contributed by atoms with Crippen LogP contribution in [0.5, 0.6) is 0 Å². The standard InChI is InChI=1S/C15H17BrN2/c1-17-14-6-8-15(9-7-14)18(2)11-12-4-3-5-13(16)10-12/h3-10,17H,11H2,1-2H3. The van der Waals surface area contributed by atoms with Gasteiger partial charge in [0.05, 0.1) is 0 Å². The number of rotatable bonds is 4. The van der Waals surface area contributed by atoms with Crippen LogP contribution in [0.4, 0.5) is 11.4 Å². The molecule has 2 rings (SSSR count). The molecule has 0 aliphatic heterocycles. The Morgan fingerprint density at radius 1 is 1.11 bits per heavy atom. The van der Waals surface area contributed by atoms with Crippen LogP contribution in [0.1, 0.15) is 5.56 Å². The number of hydrogen-bond acceptors (Lipinski definition) is 2. The minimum atomic E-state index is 0.901. The minimum Gasteiger partial charge on any atom is -0.388 e. The van der Waals surface area contributed by atoms with Gasteiger partial charge in [0.1, 0.15) is 0 Å². The summed E-state index contributed by atoms with van der Waals surface area (Å²) in [6, 6.07) is 16.8. The lowest BCUT2D eigenvalue weighted by Crippen LogP contribution is -2.16. The largest absolute Gasteiger partial charge is 0.388 e. The average molecular weight is 305 g/mol. The molecule has 94 valence electrons. The second-order valence-corrected chi connectivity index (χ2v) is 5.20. The third-order valence-corrected chi connectivity index (χ3v) is 3.40. The summed E-state index contributed by atoms with van der Waals surface area (Å²) in [5, 5.41) is 3.13. The van der Waals surface area contributed by atoms with Gasteiger partial charge in [-0.05, 0) is 42.0 Å². The Morgan fingerprint density at radius 2 is 1.83 bits per heavy atom. The lowest BCUT2D eigenvalue weighted by atomic mass is 10.2. The van der Waals surface area contributed by atoms with Gasteiger partial charge in [0.2, 0.25) is 0 Å². The highest BCUT2D eigenvalue weighted by Gasteiger charge is 2.02. The predicted molar refractivity (Wildman–Crippen MR) is 82.2 cm³/mol. The Morgan fingerprint density at radius 3 is 2.44 bits per heavy atom. The van der Waals surface area contributed by atoms with Crippen LogP contribution in [0, 0.1) is 0 Å². The Bertz CT molecular complexity index is 508. The smallest absolute Gasteiger partial charge is 0.0426 e. The van der Waals surface area contributed by atoms with Crippen LogP contribution in [0.3, 0.4) is 0 Å². The third kappa shape index (κ3) is 3.26. The molecule has 0 aliphatic carbocycles. The van der Waals surface area contributed by atoms with Crippen LogP contribution in [0.25, 0.3) is 0 Å². The SMILES string of the molecule is CNc1ccc(N(C)Cc2cccc(Br)c2)cc1. The second-order valence-electron chi connectivity index (χ2n) is 4.28. The van der Waals surface area contributed by atoms with Crippen molar-refractivity contribution in [1.29, 1.82) is 0 Å². The van der Waals surface area contributed by atoms with E-state index in [-0.39, 0.29) is 0 Å². The number of halogens is 1. The third-order valence-electron chi connectivity index (χ3n) is 2.91. The van der Waals surface area contributed by atoms with E-state index >= 15 is 0 Å². The number of hydrogen-bond donors (Lipinski definition) is 1. The highest BCUT2D eigenvalue weighted by molar-refractivity contribution is 9.10. The van der Waals surface area contributed by atoms with Crippen molar-refractivity contribution in [1.82, 2.24) is 0 Å². The van der Waals surface area contributed by atoms with Crippen molar-refractivity contribution < 1.29 is 0 Å². The summed E-state index contributed by atoms with van der Waals surface area (Å²) < 4.78 is 1.12. The van der Waals surface area contributed by atoms with Gasteiger partial charge in [-0.2, -0.15) is 0 Å². The number of nitrogens with one attached hydrogen (secondary N) is 1. The zero-order chi connectivity index (χ0) is 13.0. The zero-order valence-corrected chi connectivity index (χ0v) is 12.2. The molecule has 0 aliphatic rings. The number of benzene rings is 2. The molecule has 0 spiro atoms. The van der Waals surface area contributed by atoms with Crippen LogP contribution >= 0.6 is 15.9 Å². The van der Waals surface area contributed by atoms with Crippen molar-refractivity contribution in [3.05, 3.63) is 58.6 Å². The first-order valence-electron chi connectivity index (χ1n) is 5.92. The molecule has 0 unspecified atom stereocenters. The summed E-state index contributed by atoms with van der Waals surface area (Å²) in [6.45, 7) is 0.901. The lowest BCUT2D eigenvalue weighted by Gasteiger charge is -2.20. The van der Waals surface area contributed by atoms with E-state index in [0.29, 0.717) is 0 Å². The van der Waals surface area contributed by atoms with Gasteiger partial charge in [-0.15, -0.1) is 0 Å². The van der Waals surface area contributed by atoms with Crippen molar-refractivity contribution in [3.63, 3.8) is 0 Å². The van der Waals surface area contributed by atoms with E-state index < -0.39 is 0 Å². The summed E-state index contributed by atoms with van der Waals surface area (Å²) in [5.41, 5.74) is 3.65. The predicted octanol–water partition coefficient (Wildman–Crippen LogP) is 4.13. The molecule has 0 saturated heterocycles. The van der Waals surface area contributed by atoms with Crippen LogP contribution in [0.2, 0.25) is 0 Å². The zero-order valence-electron chi connectivity index (χ0n) is 10.7. The summed E-state index contributed by atoms with van der Waals surface area (Å²) in [5.74, 6) is 0. The van der Waals surface area contributed by atoms with E-state index in [9.17, 15) is 0 Å². The molecule has 0 heterocycles. The van der Waals surface area contributed by atoms with Crippen molar-refractivity contribution in [2.75, 3.05) is 24.3 Å². The number of nitrogens with zero attached hydrogens (tertiary/aromatic N) is 1. The van der Waals surface area contributed by atoms with Gasteiger partial charge in [0.15, 0.2) is 0 Å². The fourth-order valence-electron chi connectivity index (χ4n) is 1.88. The van der Waals surface area contributed by atoms with Gasteiger partial charge in [-0.1, -0.05) is 28.1 Å². The van der Waals surface area contributed by atoms with Gasteiger partial charge in [0, 0.05) is 36.5 Å². The Kier molecular flexibility index (Phi) is 4.26. The number of anilines is 2. The summed E-state index contributed by atoms with van der Waals surface area (Å²) in [4.78, 5) is 2.24. The molecule has 1 N–H and O–H groups in total. The van der Waals surface area contributed by atoms with E-state index in [4.69, 9.17) is 0 Å². The quantitative estimate of drug-likeness (QED) is 0.914. The molecule has 18 heavy (non-hydrogen) atoms. The molecule has 0 bridgehead atoms. The maximum atomic E-state index is 3.50. The molecule has 0 fully saturated rings.